The van der Waals surface area contributed by atoms with Crippen LogP contribution in [0.25, 0.3) is 0 Å². The molecule has 18 heavy (non-hydrogen) atoms. The molecule has 2 aliphatic heterocycles. The van der Waals surface area contributed by atoms with Crippen molar-refractivity contribution in [3.63, 3.8) is 0 Å². The number of hydrogen-bond acceptors (Lipinski definition) is 5. The monoisotopic (exact) mass is 249 g/mol. The van der Waals surface area contributed by atoms with Crippen LogP contribution in [0.1, 0.15) is 30.9 Å². The first-order valence-electron chi connectivity index (χ1n) is 6.42. The Balaban J connectivity index is 1.83. The van der Waals surface area contributed by atoms with Crippen LogP contribution in [0.4, 0.5) is 0 Å². The van der Waals surface area contributed by atoms with Crippen LogP contribution < -0.4 is 16.0 Å². The van der Waals surface area contributed by atoms with E-state index in [9.17, 15) is 0 Å². The summed E-state index contributed by atoms with van der Waals surface area (Å²) in [6, 6.07) is 2.08. The minimum Gasteiger partial charge on any atom is -0.495 e. The predicted molar refractivity (Wildman–Crippen MR) is 66.9 cm³/mol. The van der Waals surface area contributed by atoms with Crippen LogP contribution in [0.5, 0.6) is 5.75 Å². The zero-order chi connectivity index (χ0) is 12.5. The van der Waals surface area contributed by atoms with Crippen molar-refractivity contribution in [2.24, 2.45) is 11.8 Å². The minimum absolute atomic E-state index is 0.0860. The summed E-state index contributed by atoms with van der Waals surface area (Å²) in [5.74, 6) is 6.93. The van der Waals surface area contributed by atoms with Gasteiger partial charge in [0.05, 0.1) is 31.6 Å². The Labute approximate surface area is 107 Å². The van der Waals surface area contributed by atoms with E-state index in [0.29, 0.717) is 18.1 Å². The van der Waals surface area contributed by atoms with Gasteiger partial charge in [-0.1, -0.05) is 0 Å². The lowest BCUT2D eigenvalue weighted by Crippen LogP contribution is -2.37. The number of hydrogen-bond donors (Lipinski definition) is 2. The first-order chi connectivity index (χ1) is 8.81. The molecule has 0 radical (unpaired) electrons. The van der Waals surface area contributed by atoms with Crippen LogP contribution in [0.3, 0.4) is 0 Å². The Morgan fingerprint density at radius 2 is 2.39 bits per heavy atom. The van der Waals surface area contributed by atoms with Crippen molar-refractivity contribution in [3.05, 3.63) is 24.0 Å². The summed E-state index contributed by atoms with van der Waals surface area (Å²) < 4.78 is 11.1. The summed E-state index contributed by atoms with van der Waals surface area (Å²) in [5.41, 5.74) is 3.99. The molecule has 0 aliphatic carbocycles. The first-order valence-corrected chi connectivity index (χ1v) is 6.42. The smallest absolute Gasteiger partial charge is 0.137 e. The molecule has 0 saturated carbocycles. The highest BCUT2D eigenvalue weighted by Crippen LogP contribution is 2.44. The summed E-state index contributed by atoms with van der Waals surface area (Å²) in [5, 5.41) is 0. The Bertz CT molecular complexity index is 426. The summed E-state index contributed by atoms with van der Waals surface area (Å²) in [6.07, 6.45) is 7.72. The van der Waals surface area contributed by atoms with E-state index >= 15 is 0 Å². The molecule has 2 bridgehead atoms. The van der Waals surface area contributed by atoms with E-state index in [1.165, 1.54) is 6.42 Å². The number of fused-ring (bicyclic) bond motifs is 2. The van der Waals surface area contributed by atoms with Gasteiger partial charge in [0.2, 0.25) is 0 Å². The summed E-state index contributed by atoms with van der Waals surface area (Å²) >= 11 is 0. The molecule has 3 rings (SSSR count). The quantitative estimate of drug-likeness (QED) is 0.619. The Hall–Kier alpha value is -1.17. The molecular formula is C13H19N3O2. The SMILES string of the molecule is COc1cncc(C(NN)C2CC3CCC2O3)c1. The normalized spacial score (nSPS) is 31.6. The number of aromatic nitrogens is 1. The molecule has 98 valence electrons. The molecule has 2 aliphatic rings. The number of pyridine rings is 1. The molecule has 0 spiro atoms. The van der Waals surface area contributed by atoms with Gasteiger partial charge in [0.1, 0.15) is 5.75 Å². The number of nitrogens with zero attached hydrogens (tertiary/aromatic N) is 1. The maximum absolute atomic E-state index is 5.90. The van der Waals surface area contributed by atoms with Gasteiger partial charge in [0, 0.05) is 12.1 Å². The molecule has 5 heteroatoms. The van der Waals surface area contributed by atoms with E-state index < -0.39 is 0 Å². The van der Waals surface area contributed by atoms with E-state index in [1.54, 1.807) is 13.3 Å². The first kappa shape index (κ1) is 11.9. The third-order valence-electron chi connectivity index (χ3n) is 4.09. The van der Waals surface area contributed by atoms with Gasteiger partial charge in [-0.25, -0.2) is 0 Å². The average molecular weight is 249 g/mol. The Morgan fingerprint density at radius 1 is 1.50 bits per heavy atom. The standard InChI is InChI=1S/C13H19N3O2/c1-17-10-4-8(6-15-7-10)13(16-14)11-5-9-2-3-12(11)18-9/h4,6-7,9,11-13,16H,2-3,5,14H2,1H3. The van der Waals surface area contributed by atoms with Crippen molar-refractivity contribution in [2.45, 2.75) is 37.5 Å². The largest absolute Gasteiger partial charge is 0.495 e. The lowest BCUT2D eigenvalue weighted by molar-refractivity contribution is 0.0856. The van der Waals surface area contributed by atoms with Gasteiger partial charge in [0.25, 0.3) is 0 Å². The number of hydrazine groups is 1. The number of methoxy groups -OCH3 is 1. The van der Waals surface area contributed by atoms with Gasteiger partial charge in [-0.05, 0) is 30.9 Å². The average Bonchev–Trinajstić information content (AvgIpc) is 3.02. The molecule has 4 atom stereocenters. The second-order valence-corrected chi connectivity index (χ2v) is 5.08. The third-order valence-corrected chi connectivity index (χ3v) is 4.09. The fourth-order valence-corrected chi connectivity index (χ4v) is 3.21. The number of rotatable bonds is 4. The summed E-state index contributed by atoms with van der Waals surface area (Å²) in [4.78, 5) is 4.20. The van der Waals surface area contributed by atoms with Gasteiger partial charge in [-0.2, -0.15) is 0 Å². The minimum atomic E-state index is 0.0860. The number of ether oxygens (including phenoxy) is 2. The van der Waals surface area contributed by atoms with Gasteiger partial charge < -0.3 is 9.47 Å². The van der Waals surface area contributed by atoms with Crippen molar-refractivity contribution >= 4 is 0 Å². The third kappa shape index (κ3) is 1.98. The second-order valence-electron chi connectivity index (χ2n) is 5.08. The molecular weight excluding hydrogens is 230 g/mol. The molecule has 1 aromatic heterocycles. The maximum atomic E-state index is 5.90. The lowest BCUT2D eigenvalue weighted by Gasteiger charge is -2.28. The fourth-order valence-electron chi connectivity index (χ4n) is 3.21. The number of nitrogens with two attached hydrogens (primary N) is 1. The summed E-state index contributed by atoms with van der Waals surface area (Å²) in [7, 11) is 1.65. The Kier molecular flexibility index (Phi) is 3.20. The molecule has 3 heterocycles. The highest BCUT2D eigenvalue weighted by Gasteiger charge is 2.44. The highest BCUT2D eigenvalue weighted by atomic mass is 16.5. The zero-order valence-corrected chi connectivity index (χ0v) is 10.5. The van der Waals surface area contributed by atoms with Crippen LogP contribution in [0.15, 0.2) is 18.5 Å². The van der Waals surface area contributed by atoms with Crippen LogP contribution in [0, 0.1) is 5.92 Å². The van der Waals surface area contributed by atoms with Gasteiger partial charge in [0.15, 0.2) is 0 Å². The molecule has 0 amide bonds. The molecule has 3 N–H and O–H groups in total. The van der Waals surface area contributed by atoms with E-state index in [1.807, 2.05) is 12.3 Å². The topological polar surface area (TPSA) is 69.4 Å². The van der Waals surface area contributed by atoms with Crippen LogP contribution in [-0.2, 0) is 4.74 Å². The molecule has 2 fully saturated rings. The second kappa shape index (κ2) is 4.84. The fraction of sp³-hybridized carbons (Fsp3) is 0.615. The zero-order valence-electron chi connectivity index (χ0n) is 10.5. The van der Waals surface area contributed by atoms with Crippen molar-refractivity contribution < 1.29 is 9.47 Å². The van der Waals surface area contributed by atoms with Crippen LogP contribution in [-0.4, -0.2) is 24.3 Å². The Morgan fingerprint density at radius 3 is 3.00 bits per heavy atom. The van der Waals surface area contributed by atoms with Gasteiger partial charge in [-0.15, -0.1) is 0 Å². The van der Waals surface area contributed by atoms with E-state index in [4.69, 9.17) is 15.3 Å². The number of nitrogens with one attached hydrogen (secondary N) is 1. The van der Waals surface area contributed by atoms with E-state index in [2.05, 4.69) is 10.4 Å². The van der Waals surface area contributed by atoms with Crippen LogP contribution in [0.2, 0.25) is 0 Å². The van der Waals surface area contributed by atoms with E-state index in [0.717, 1.165) is 24.2 Å². The molecule has 4 unspecified atom stereocenters. The van der Waals surface area contributed by atoms with Crippen molar-refractivity contribution in [3.8, 4) is 5.75 Å². The van der Waals surface area contributed by atoms with Crippen molar-refractivity contribution in [2.75, 3.05) is 7.11 Å². The molecule has 2 saturated heterocycles. The van der Waals surface area contributed by atoms with Crippen molar-refractivity contribution in [1.82, 2.24) is 10.4 Å². The van der Waals surface area contributed by atoms with Gasteiger partial charge in [-0.3, -0.25) is 16.3 Å². The van der Waals surface area contributed by atoms with Gasteiger partial charge >= 0.3 is 0 Å². The lowest BCUT2D eigenvalue weighted by atomic mass is 9.81. The molecule has 1 aromatic rings. The van der Waals surface area contributed by atoms with Crippen LogP contribution >= 0.6 is 0 Å². The highest BCUT2D eigenvalue weighted by molar-refractivity contribution is 5.27. The molecule has 0 aromatic carbocycles. The summed E-state index contributed by atoms with van der Waals surface area (Å²) in [6.45, 7) is 0. The molecule has 5 nitrogen and oxygen atoms in total. The predicted octanol–water partition coefficient (Wildman–Crippen LogP) is 1.16. The maximum Gasteiger partial charge on any atom is 0.137 e. The van der Waals surface area contributed by atoms with E-state index in [-0.39, 0.29) is 6.04 Å². The van der Waals surface area contributed by atoms with Crippen molar-refractivity contribution in [1.29, 1.82) is 0 Å².